The summed E-state index contributed by atoms with van der Waals surface area (Å²) in [5.74, 6) is 8.32. The first-order chi connectivity index (χ1) is 16.9. The molecule has 0 heterocycles. The highest BCUT2D eigenvalue weighted by Gasteiger charge is 2.09. The van der Waals surface area contributed by atoms with Gasteiger partial charge in [-0.25, -0.2) is 17.6 Å². The number of benzene rings is 4. The Hall–Kier alpha value is -4.06. The fourth-order valence-corrected chi connectivity index (χ4v) is 3.57. The predicted molar refractivity (Wildman–Crippen MR) is 129 cm³/mol. The summed E-state index contributed by atoms with van der Waals surface area (Å²) in [5.41, 5.74) is 1.25. The SMILES string of the molecule is COCCCc1cc(F)c(C#Cc2ccc(C#Cc3ccc4cc(F)ccc4c3)c(F)c2)c(F)c1. The second kappa shape index (κ2) is 10.9. The molecule has 35 heavy (non-hydrogen) atoms. The molecule has 0 fully saturated rings. The molecule has 0 bridgehead atoms. The largest absolute Gasteiger partial charge is 0.385 e. The van der Waals surface area contributed by atoms with Crippen LogP contribution >= 0.6 is 0 Å². The van der Waals surface area contributed by atoms with Crippen molar-refractivity contribution in [3.05, 3.63) is 118 Å². The smallest absolute Gasteiger partial charge is 0.142 e. The van der Waals surface area contributed by atoms with Gasteiger partial charge in [0, 0.05) is 24.8 Å². The second-order valence-corrected chi connectivity index (χ2v) is 7.93. The van der Waals surface area contributed by atoms with Gasteiger partial charge in [-0.15, -0.1) is 0 Å². The summed E-state index contributed by atoms with van der Waals surface area (Å²) in [6, 6.07) is 16.4. The lowest BCUT2D eigenvalue weighted by Crippen LogP contribution is -1.97. The topological polar surface area (TPSA) is 9.23 Å². The molecule has 4 aromatic carbocycles. The van der Waals surface area contributed by atoms with Crippen molar-refractivity contribution in [1.82, 2.24) is 0 Å². The molecule has 0 aliphatic rings. The van der Waals surface area contributed by atoms with E-state index >= 15 is 0 Å². The number of hydrogen-bond acceptors (Lipinski definition) is 1. The van der Waals surface area contributed by atoms with Crippen molar-refractivity contribution < 1.29 is 22.3 Å². The highest BCUT2D eigenvalue weighted by atomic mass is 19.1. The number of hydrogen-bond donors (Lipinski definition) is 0. The normalized spacial score (nSPS) is 10.4. The molecule has 0 aliphatic carbocycles. The number of fused-ring (bicyclic) bond motifs is 1. The van der Waals surface area contributed by atoms with Gasteiger partial charge in [-0.3, -0.25) is 0 Å². The van der Waals surface area contributed by atoms with Gasteiger partial charge in [-0.1, -0.05) is 35.8 Å². The first-order valence-electron chi connectivity index (χ1n) is 10.9. The van der Waals surface area contributed by atoms with Gasteiger partial charge in [0.1, 0.15) is 23.3 Å². The van der Waals surface area contributed by atoms with Gasteiger partial charge in [0.25, 0.3) is 0 Å². The molecular weight excluding hydrogens is 452 g/mol. The molecular formula is C30H20F4O. The van der Waals surface area contributed by atoms with Crippen LogP contribution in [0, 0.1) is 47.0 Å². The zero-order chi connectivity index (χ0) is 24.8. The standard InChI is InChI=1S/C30H20F4O/c1-35-14-2-3-22-17-29(33)27(30(34)18-22)13-7-21-5-9-23(28(32)16-21)8-4-20-6-10-25-19-26(31)12-11-24(25)15-20/h5-6,9-12,15-19H,2-3,14H2,1H3. The summed E-state index contributed by atoms with van der Waals surface area (Å²) in [6.07, 6.45) is 1.14. The van der Waals surface area contributed by atoms with E-state index in [0.29, 0.717) is 30.6 Å². The zero-order valence-electron chi connectivity index (χ0n) is 18.9. The monoisotopic (exact) mass is 472 g/mol. The molecule has 1 nitrogen and oxygen atoms in total. The summed E-state index contributed by atoms with van der Waals surface area (Å²) in [6.45, 7) is 0.500. The maximum Gasteiger partial charge on any atom is 0.142 e. The third-order valence-electron chi connectivity index (χ3n) is 5.36. The molecule has 0 saturated heterocycles. The van der Waals surface area contributed by atoms with Crippen LogP contribution in [-0.2, 0) is 11.2 Å². The van der Waals surface area contributed by atoms with Crippen LogP contribution in [0.25, 0.3) is 10.8 Å². The van der Waals surface area contributed by atoms with E-state index in [0.717, 1.165) is 10.8 Å². The Morgan fingerprint density at radius 3 is 2.06 bits per heavy atom. The van der Waals surface area contributed by atoms with E-state index in [1.165, 1.54) is 42.5 Å². The van der Waals surface area contributed by atoms with Crippen LogP contribution in [0.2, 0.25) is 0 Å². The van der Waals surface area contributed by atoms with Crippen LogP contribution in [0.4, 0.5) is 17.6 Å². The molecule has 0 amide bonds. The van der Waals surface area contributed by atoms with Crippen molar-refractivity contribution in [2.75, 3.05) is 13.7 Å². The summed E-state index contributed by atoms with van der Waals surface area (Å²) in [4.78, 5) is 0. The Morgan fingerprint density at radius 1 is 0.657 bits per heavy atom. The third kappa shape index (κ3) is 6.09. The summed E-state index contributed by atoms with van der Waals surface area (Å²) >= 11 is 0. The summed E-state index contributed by atoms with van der Waals surface area (Å²) in [7, 11) is 1.57. The quantitative estimate of drug-likeness (QED) is 0.181. The number of rotatable bonds is 4. The number of ether oxygens (including phenoxy) is 1. The van der Waals surface area contributed by atoms with Crippen LogP contribution in [0.1, 0.15) is 34.2 Å². The van der Waals surface area contributed by atoms with E-state index in [9.17, 15) is 17.6 Å². The highest BCUT2D eigenvalue weighted by Crippen LogP contribution is 2.18. The molecule has 0 unspecified atom stereocenters. The maximum atomic E-state index is 14.6. The lowest BCUT2D eigenvalue weighted by molar-refractivity contribution is 0.195. The minimum Gasteiger partial charge on any atom is -0.385 e. The van der Waals surface area contributed by atoms with Crippen LogP contribution in [0.3, 0.4) is 0 Å². The van der Waals surface area contributed by atoms with Crippen molar-refractivity contribution >= 4 is 10.8 Å². The molecule has 0 aromatic heterocycles. The number of methoxy groups -OCH3 is 1. The Bertz CT molecular complexity index is 1490. The summed E-state index contributed by atoms with van der Waals surface area (Å²) < 4.78 is 61.6. The van der Waals surface area contributed by atoms with Crippen LogP contribution < -0.4 is 0 Å². The third-order valence-corrected chi connectivity index (χ3v) is 5.36. The van der Waals surface area contributed by atoms with Gasteiger partial charge in [0.05, 0.1) is 11.1 Å². The predicted octanol–water partition coefficient (Wildman–Crippen LogP) is 6.77. The van der Waals surface area contributed by atoms with Crippen molar-refractivity contribution in [1.29, 1.82) is 0 Å². The Kier molecular flexibility index (Phi) is 7.51. The molecule has 0 aliphatic heterocycles. The highest BCUT2D eigenvalue weighted by molar-refractivity contribution is 5.84. The molecule has 0 radical (unpaired) electrons. The van der Waals surface area contributed by atoms with Gasteiger partial charge in [0.15, 0.2) is 0 Å². The van der Waals surface area contributed by atoms with Gasteiger partial charge < -0.3 is 4.74 Å². The molecule has 0 spiro atoms. The molecule has 174 valence electrons. The van der Waals surface area contributed by atoms with Gasteiger partial charge in [-0.05, 0) is 83.8 Å². The first kappa shape index (κ1) is 24.1. The van der Waals surface area contributed by atoms with Crippen molar-refractivity contribution in [3.63, 3.8) is 0 Å². The van der Waals surface area contributed by atoms with Gasteiger partial charge >= 0.3 is 0 Å². The summed E-state index contributed by atoms with van der Waals surface area (Å²) in [5, 5.41) is 1.57. The second-order valence-electron chi connectivity index (χ2n) is 7.93. The van der Waals surface area contributed by atoms with Gasteiger partial charge in [-0.2, -0.15) is 0 Å². The van der Waals surface area contributed by atoms with E-state index in [2.05, 4.69) is 23.7 Å². The zero-order valence-corrected chi connectivity index (χ0v) is 18.9. The Balaban J connectivity index is 1.52. The van der Waals surface area contributed by atoms with Gasteiger partial charge in [0.2, 0.25) is 0 Å². The number of halogens is 4. The minimum absolute atomic E-state index is 0.160. The Morgan fingerprint density at radius 2 is 1.31 bits per heavy atom. The van der Waals surface area contributed by atoms with E-state index < -0.39 is 17.5 Å². The molecule has 4 aromatic rings. The van der Waals surface area contributed by atoms with Crippen molar-refractivity contribution in [2.45, 2.75) is 12.8 Å². The molecule has 0 saturated carbocycles. The lowest BCUT2D eigenvalue weighted by atomic mass is 10.1. The molecule has 0 atom stereocenters. The fraction of sp³-hybridized carbons (Fsp3) is 0.133. The molecule has 0 N–H and O–H groups in total. The maximum absolute atomic E-state index is 14.6. The van der Waals surface area contributed by atoms with Crippen LogP contribution in [0.5, 0.6) is 0 Å². The molecule has 4 rings (SSSR count). The fourth-order valence-electron chi connectivity index (χ4n) is 3.57. The van der Waals surface area contributed by atoms with Crippen molar-refractivity contribution in [2.24, 2.45) is 0 Å². The first-order valence-corrected chi connectivity index (χ1v) is 10.9. The number of aryl methyl sites for hydroxylation is 1. The van der Waals surface area contributed by atoms with E-state index in [1.54, 1.807) is 31.4 Å². The van der Waals surface area contributed by atoms with E-state index in [1.807, 2.05) is 0 Å². The Labute approximate surface area is 201 Å². The lowest BCUT2D eigenvalue weighted by Gasteiger charge is -2.04. The van der Waals surface area contributed by atoms with Crippen LogP contribution in [-0.4, -0.2) is 13.7 Å². The minimum atomic E-state index is -0.758. The van der Waals surface area contributed by atoms with E-state index in [4.69, 9.17) is 4.74 Å². The van der Waals surface area contributed by atoms with E-state index in [-0.39, 0.29) is 22.5 Å². The average Bonchev–Trinajstić information content (AvgIpc) is 2.83. The van der Waals surface area contributed by atoms with Crippen molar-refractivity contribution in [3.8, 4) is 23.7 Å². The molecule has 5 heteroatoms. The average molecular weight is 472 g/mol. The van der Waals surface area contributed by atoms with Crippen LogP contribution in [0.15, 0.2) is 66.7 Å².